The number of para-hydroxylation sites is 1. The topological polar surface area (TPSA) is 65.1 Å². The van der Waals surface area contributed by atoms with Crippen LogP contribution in [0, 0.1) is 5.92 Å². The lowest BCUT2D eigenvalue weighted by Gasteiger charge is -2.24. The van der Waals surface area contributed by atoms with Gasteiger partial charge in [-0.25, -0.2) is 0 Å². The van der Waals surface area contributed by atoms with Gasteiger partial charge in [0.2, 0.25) is 12.7 Å². The molecule has 0 bridgehead atoms. The first-order chi connectivity index (χ1) is 12.6. The lowest BCUT2D eigenvalue weighted by molar-refractivity contribution is -0.150. The molecule has 26 heavy (non-hydrogen) atoms. The van der Waals surface area contributed by atoms with Crippen LogP contribution in [0.1, 0.15) is 17.0 Å². The molecular formula is C20H19NO5. The van der Waals surface area contributed by atoms with Gasteiger partial charge < -0.3 is 19.1 Å². The Labute approximate surface area is 151 Å². The highest BCUT2D eigenvalue weighted by Gasteiger charge is 2.42. The lowest BCUT2D eigenvalue weighted by Crippen LogP contribution is -2.39. The van der Waals surface area contributed by atoms with Gasteiger partial charge in [0.05, 0.1) is 7.11 Å². The molecule has 6 nitrogen and oxygen atoms in total. The molecule has 2 heterocycles. The number of methoxy groups -OCH3 is 1. The number of anilines is 1. The van der Waals surface area contributed by atoms with Crippen LogP contribution >= 0.6 is 0 Å². The quantitative estimate of drug-likeness (QED) is 0.613. The van der Waals surface area contributed by atoms with Crippen LogP contribution in [-0.2, 0) is 20.7 Å². The molecule has 0 aromatic heterocycles. The highest BCUT2D eigenvalue weighted by atomic mass is 16.7. The minimum atomic E-state index is -0.919. The Kier molecular flexibility index (Phi) is 4.03. The number of ether oxygens (including phenoxy) is 3. The van der Waals surface area contributed by atoms with E-state index in [2.05, 4.69) is 0 Å². The van der Waals surface area contributed by atoms with Gasteiger partial charge in [0.15, 0.2) is 11.5 Å². The third-order valence-electron chi connectivity index (χ3n) is 5.07. The summed E-state index contributed by atoms with van der Waals surface area (Å²) in [4.78, 5) is 27.2. The Hall–Kier alpha value is -3.02. The van der Waals surface area contributed by atoms with Crippen molar-refractivity contribution in [2.75, 3.05) is 25.9 Å². The molecule has 4 rings (SSSR count). The van der Waals surface area contributed by atoms with Gasteiger partial charge in [-0.05, 0) is 35.7 Å². The number of nitrogens with zero attached hydrogens (tertiary/aromatic N) is 1. The standard InChI is InChI=1S/C20H19NO5/c1-21-15-6-4-3-5-13(15)9-14(18(19(21)22)20(23)24-2)12-7-8-16-17(10-12)26-11-25-16/h3-8,10,14,18H,9,11H2,1-2H3/t14-,18-/m0/s1. The van der Waals surface area contributed by atoms with Crippen molar-refractivity contribution in [1.29, 1.82) is 0 Å². The summed E-state index contributed by atoms with van der Waals surface area (Å²) in [6.07, 6.45) is 0.547. The van der Waals surface area contributed by atoms with E-state index in [4.69, 9.17) is 14.2 Å². The SMILES string of the molecule is COC(=O)[C@@H]1C(=O)N(C)c2ccccc2C[C@H]1c1ccc2c(c1)OCO2. The van der Waals surface area contributed by atoms with E-state index in [-0.39, 0.29) is 18.6 Å². The first-order valence-corrected chi connectivity index (χ1v) is 8.43. The van der Waals surface area contributed by atoms with Crippen molar-refractivity contribution in [3.8, 4) is 11.5 Å². The van der Waals surface area contributed by atoms with E-state index in [0.29, 0.717) is 17.9 Å². The first-order valence-electron chi connectivity index (χ1n) is 8.43. The van der Waals surface area contributed by atoms with Crippen LogP contribution in [0.2, 0.25) is 0 Å². The van der Waals surface area contributed by atoms with Crippen LogP contribution in [0.25, 0.3) is 0 Å². The van der Waals surface area contributed by atoms with E-state index in [1.807, 2.05) is 42.5 Å². The summed E-state index contributed by atoms with van der Waals surface area (Å²) in [5.74, 6) is -0.777. The Morgan fingerprint density at radius 1 is 1.15 bits per heavy atom. The predicted octanol–water partition coefficient (Wildman–Crippen LogP) is 2.51. The van der Waals surface area contributed by atoms with Crippen LogP contribution in [0.15, 0.2) is 42.5 Å². The highest BCUT2D eigenvalue weighted by molar-refractivity contribution is 6.07. The van der Waals surface area contributed by atoms with Crippen molar-refractivity contribution < 1.29 is 23.8 Å². The fraction of sp³-hybridized carbons (Fsp3) is 0.300. The molecule has 0 radical (unpaired) electrons. The van der Waals surface area contributed by atoms with Crippen molar-refractivity contribution in [1.82, 2.24) is 0 Å². The number of fused-ring (bicyclic) bond motifs is 2. The van der Waals surface area contributed by atoms with Crippen LogP contribution in [-0.4, -0.2) is 32.8 Å². The van der Waals surface area contributed by atoms with Crippen molar-refractivity contribution in [2.24, 2.45) is 5.92 Å². The van der Waals surface area contributed by atoms with E-state index in [1.54, 1.807) is 11.9 Å². The Morgan fingerprint density at radius 3 is 2.73 bits per heavy atom. The summed E-state index contributed by atoms with van der Waals surface area (Å²) in [6, 6.07) is 13.3. The molecule has 0 saturated heterocycles. The van der Waals surface area contributed by atoms with Gasteiger partial charge in [0, 0.05) is 18.7 Å². The van der Waals surface area contributed by atoms with E-state index in [0.717, 1.165) is 16.8 Å². The number of carbonyl (C=O) groups excluding carboxylic acids is 2. The number of rotatable bonds is 2. The molecule has 2 aliphatic rings. The van der Waals surface area contributed by atoms with E-state index >= 15 is 0 Å². The smallest absolute Gasteiger partial charge is 0.318 e. The maximum Gasteiger partial charge on any atom is 0.318 e. The molecule has 0 N–H and O–H groups in total. The Morgan fingerprint density at radius 2 is 1.92 bits per heavy atom. The number of carbonyl (C=O) groups is 2. The molecule has 2 aliphatic heterocycles. The molecule has 134 valence electrons. The lowest BCUT2D eigenvalue weighted by atomic mass is 9.81. The molecule has 1 amide bonds. The Bertz CT molecular complexity index is 878. The van der Waals surface area contributed by atoms with Gasteiger partial charge in [-0.3, -0.25) is 9.59 Å². The predicted molar refractivity (Wildman–Crippen MR) is 94.4 cm³/mol. The van der Waals surface area contributed by atoms with Crippen LogP contribution in [0.3, 0.4) is 0 Å². The minimum Gasteiger partial charge on any atom is -0.468 e. The van der Waals surface area contributed by atoms with Gasteiger partial charge in [0.25, 0.3) is 0 Å². The molecule has 2 aromatic carbocycles. The molecule has 0 aliphatic carbocycles. The second-order valence-corrected chi connectivity index (χ2v) is 6.45. The zero-order valence-corrected chi connectivity index (χ0v) is 14.6. The number of hydrogen-bond donors (Lipinski definition) is 0. The summed E-state index contributed by atoms with van der Waals surface area (Å²) in [5.41, 5.74) is 2.68. The summed E-state index contributed by atoms with van der Waals surface area (Å²) in [5, 5.41) is 0. The maximum absolute atomic E-state index is 13.1. The Balaban J connectivity index is 1.83. The highest BCUT2D eigenvalue weighted by Crippen LogP contribution is 2.41. The second kappa shape index (κ2) is 6.37. The summed E-state index contributed by atoms with van der Waals surface area (Å²) < 4.78 is 15.8. The fourth-order valence-electron chi connectivity index (χ4n) is 3.71. The molecule has 0 unspecified atom stereocenters. The summed E-state index contributed by atoms with van der Waals surface area (Å²) in [7, 11) is 3.00. The van der Waals surface area contributed by atoms with Crippen LogP contribution in [0.4, 0.5) is 5.69 Å². The van der Waals surface area contributed by atoms with Gasteiger partial charge in [-0.2, -0.15) is 0 Å². The van der Waals surface area contributed by atoms with Gasteiger partial charge in [-0.1, -0.05) is 24.3 Å². The number of amides is 1. The fourth-order valence-corrected chi connectivity index (χ4v) is 3.71. The van der Waals surface area contributed by atoms with Crippen molar-refractivity contribution in [3.63, 3.8) is 0 Å². The zero-order valence-electron chi connectivity index (χ0n) is 14.6. The number of hydrogen-bond acceptors (Lipinski definition) is 5. The van der Waals surface area contributed by atoms with E-state index < -0.39 is 11.9 Å². The molecule has 0 saturated carbocycles. The molecule has 2 aromatic rings. The van der Waals surface area contributed by atoms with Crippen molar-refractivity contribution >= 4 is 17.6 Å². The van der Waals surface area contributed by atoms with Crippen molar-refractivity contribution in [3.05, 3.63) is 53.6 Å². The third kappa shape index (κ3) is 2.58. The summed E-state index contributed by atoms with van der Waals surface area (Å²) in [6.45, 7) is 0.175. The van der Waals surface area contributed by atoms with Crippen molar-refractivity contribution in [2.45, 2.75) is 12.3 Å². The average Bonchev–Trinajstić information content (AvgIpc) is 3.10. The van der Waals surface area contributed by atoms with Gasteiger partial charge >= 0.3 is 5.97 Å². The average molecular weight is 353 g/mol. The minimum absolute atomic E-state index is 0.175. The summed E-state index contributed by atoms with van der Waals surface area (Å²) >= 11 is 0. The maximum atomic E-state index is 13.1. The normalized spacial score (nSPS) is 21.2. The van der Waals surface area contributed by atoms with Gasteiger partial charge in [0.1, 0.15) is 5.92 Å². The zero-order chi connectivity index (χ0) is 18.3. The molecular weight excluding hydrogens is 334 g/mol. The molecule has 6 heteroatoms. The first kappa shape index (κ1) is 16.4. The van der Waals surface area contributed by atoms with E-state index in [9.17, 15) is 9.59 Å². The molecule has 2 atom stereocenters. The number of benzene rings is 2. The van der Waals surface area contributed by atoms with E-state index in [1.165, 1.54) is 7.11 Å². The molecule has 0 fully saturated rings. The second-order valence-electron chi connectivity index (χ2n) is 6.45. The largest absolute Gasteiger partial charge is 0.468 e. The number of esters is 1. The monoisotopic (exact) mass is 353 g/mol. The van der Waals surface area contributed by atoms with Crippen LogP contribution in [0.5, 0.6) is 11.5 Å². The molecule has 0 spiro atoms. The third-order valence-corrected chi connectivity index (χ3v) is 5.07. The van der Waals surface area contributed by atoms with Gasteiger partial charge in [-0.15, -0.1) is 0 Å². The van der Waals surface area contributed by atoms with Crippen LogP contribution < -0.4 is 14.4 Å².